The number of nitrogens with zero attached hydrogens (tertiary/aromatic N) is 1. The molecule has 0 aromatic heterocycles. The van der Waals surface area contributed by atoms with Crippen molar-refractivity contribution in [2.75, 3.05) is 20.3 Å². The molecule has 8 heteroatoms. The van der Waals surface area contributed by atoms with Crippen LogP contribution in [-0.2, 0) is 19.1 Å². The molecule has 1 rings (SSSR count). The zero-order valence-electron chi connectivity index (χ0n) is 15.6. The molecule has 8 nitrogen and oxygen atoms in total. The lowest BCUT2D eigenvalue weighted by Crippen LogP contribution is -2.66. The molecule has 0 aromatic carbocycles. The fraction of sp³-hybridized carbons (Fsp3) is 0.812. The summed E-state index contributed by atoms with van der Waals surface area (Å²) in [4.78, 5) is 38.0. The van der Waals surface area contributed by atoms with Gasteiger partial charge in [0.1, 0.15) is 18.7 Å². The molecule has 0 aliphatic carbocycles. The highest BCUT2D eigenvalue weighted by Crippen LogP contribution is 2.15. The number of cyclic esters (lactones) is 1. The van der Waals surface area contributed by atoms with Crippen molar-refractivity contribution in [3.05, 3.63) is 0 Å². The Balaban J connectivity index is 3.18. The zero-order valence-corrected chi connectivity index (χ0v) is 15.6. The van der Waals surface area contributed by atoms with Crippen molar-refractivity contribution in [2.24, 2.45) is 0 Å². The number of imide groups is 1. The van der Waals surface area contributed by atoms with Gasteiger partial charge < -0.3 is 9.47 Å². The Morgan fingerprint density at radius 1 is 1.08 bits per heavy atom. The lowest BCUT2D eigenvalue weighted by molar-refractivity contribution is -0.148. The van der Waals surface area contributed by atoms with Crippen LogP contribution in [0.4, 0.5) is 4.79 Å². The monoisotopic (exact) mass is 343 g/mol. The van der Waals surface area contributed by atoms with Crippen LogP contribution in [0.1, 0.15) is 41.5 Å². The van der Waals surface area contributed by atoms with Crippen LogP contribution in [0.2, 0.25) is 0 Å². The lowest BCUT2D eigenvalue weighted by Gasteiger charge is -2.36. The van der Waals surface area contributed by atoms with Gasteiger partial charge in [0, 0.05) is 11.1 Å². The van der Waals surface area contributed by atoms with Gasteiger partial charge in [0.05, 0.1) is 13.7 Å². The van der Waals surface area contributed by atoms with Crippen molar-refractivity contribution in [3.63, 3.8) is 0 Å². The van der Waals surface area contributed by atoms with E-state index in [0.717, 1.165) is 4.90 Å². The minimum Gasteiger partial charge on any atom is -0.468 e. The average molecular weight is 343 g/mol. The molecule has 0 aromatic rings. The summed E-state index contributed by atoms with van der Waals surface area (Å²) in [5.41, 5.74) is -0.905. The molecule has 0 bridgehead atoms. The van der Waals surface area contributed by atoms with Crippen LogP contribution in [0.15, 0.2) is 0 Å². The summed E-state index contributed by atoms with van der Waals surface area (Å²) in [7, 11) is 1.27. The second-order valence-corrected chi connectivity index (χ2v) is 7.87. The maximum Gasteiger partial charge on any atom is 0.416 e. The van der Waals surface area contributed by atoms with Crippen LogP contribution in [0.25, 0.3) is 0 Å². The molecule has 2 amide bonds. The summed E-state index contributed by atoms with van der Waals surface area (Å²) in [5.74, 6) is -1.09. The van der Waals surface area contributed by atoms with Gasteiger partial charge in [0.2, 0.25) is 0 Å². The molecule has 1 aliphatic heterocycles. The minimum absolute atomic E-state index is 0.155. The first-order valence-electron chi connectivity index (χ1n) is 7.97. The van der Waals surface area contributed by atoms with E-state index >= 15 is 0 Å². The molecule has 1 aliphatic rings. The normalized spacial score (nSPS) is 18.1. The Hall–Kier alpha value is -1.67. The van der Waals surface area contributed by atoms with Crippen molar-refractivity contribution in [2.45, 2.75) is 64.7 Å². The van der Waals surface area contributed by atoms with Crippen LogP contribution < -0.4 is 10.6 Å². The quantitative estimate of drug-likeness (QED) is 0.708. The molecule has 2 N–H and O–H groups in total. The SMILES string of the molecule is COC(=O)[C@H](NC(C)(C)C)[C@@H](NC(C)(C)C)C(=O)N1CCOC1=O. The van der Waals surface area contributed by atoms with E-state index in [9.17, 15) is 14.4 Å². The number of nitrogens with one attached hydrogen (secondary N) is 2. The molecule has 24 heavy (non-hydrogen) atoms. The highest BCUT2D eigenvalue weighted by atomic mass is 16.6. The third kappa shape index (κ3) is 5.76. The van der Waals surface area contributed by atoms with E-state index in [4.69, 9.17) is 9.47 Å². The fourth-order valence-electron chi connectivity index (χ4n) is 2.39. The van der Waals surface area contributed by atoms with Crippen LogP contribution in [0, 0.1) is 0 Å². The van der Waals surface area contributed by atoms with E-state index in [2.05, 4.69) is 10.6 Å². The Kier molecular flexibility index (Phi) is 6.35. The molecule has 138 valence electrons. The van der Waals surface area contributed by atoms with Gasteiger partial charge in [0.15, 0.2) is 0 Å². The topological polar surface area (TPSA) is 97.0 Å². The number of esters is 1. The number of rotatable bonds is 5. The second-order valence-electron chi connectivity index (χ2n) is 7.87. The summed E-state index contributed by atoms with van der Waals surface area (Å²) in [6.45, 7) is 11.6. The van der Waals surface area contributed by atoms with Crippen LogP contribution in [0.5, 0.6) is 0 Å². The number of carbonyl (C=O) groups excluding carboxylic acids is 3. The predicted molar refractivity (Wildman–Crippen MR) is 88.4 cm³/mol. The largest absolute Gasteiger partial charge is 0.468 e. The Bertz CT molecular complexity index is 493. The summed E-state index contributed by atoms with van der Waals surface area (Å²) in [6.07, 6.45) is -0.694. The van der Waals surface area contributed by atoms with E-state index < -0.39 is 41.1 Å². The lowest BCUT2D eigenvalue weighted by atomic mass is 9.98. The maximum atomic E-state index is 12.9. The van der Waals surface area contributed by atoms with Crippen LogP contribution in [0.3, 0.4) is 0 Å². The van der Waals surface area contributed by atoms with Crippen molar-refractivity contribution in [1.82, 2.24) is 15.5 Å². The first-order chi connectivity index (χ1) is 10.9. The summed E-state index contributed by atoms with van der Waals surface area (Å²) < 4.78 is 9.70. The molecule has 1 saturated heterocycles. The van der Waals surface area contributed by atoms with Gasteiger partial charge in [-0.3, -0.25) is 20.2 Å². The summed E-state index contributed by atoms with van der Waals surface area (Å²) in [5, 5.41) is 6.24. The van der Waals surface area contributed by atoms with Crippen molar-refractivity contribution >= 4 is 18.0 Å². The molecular weight excluding hydrogens is 314 g/mol. The Morgan fingerprint density at radius 2 is 1.58 bits per heavy atom. The zero-order chi connectivity index (χ0) is 18.7. The number of methoxy groups -OCH3 is 1. The number of hydrogen-bond acceptors (Lipinski definition) is 7. The summed E-state index contributed by atoms with van der Waals surface area (Å²) in [6, 6.07) is -1.92. The van der Waals surface area contributed by atoms with E-state index in [-0.39, 0.29) is 13.2 Å². The molecule has 0 radical (unpaired) electrons. The average Bonchev–Trinajstić information content (AvgIpc) is 2.85. The second kappa shape index (κ2) is 7.48. The number of ether oxygens (including phenoxy) is 2. The smallest absolute Gasteiger partial charge is 0.416 e. The Morgan fingerprint density at radius 3 is 1.96 bits per heavy atom. The third-order valence-electron chi connectivity index (χ3n) is 3.26. The fourth-order valence-corrected chi connectivity index (χ4v) is 2.39. The van der Waals surface area contributed by atoms with E-state index in [1.807, 2.05) is 41.5 Å². The molecular formula is C16H29N3O5. The minimum atomic E-state index is -0.970. The van der Waals surface area contributed by atoms with Crippen molar-refractivity contribution in [3.8, 4) is 0 Å². The first kappa shape index (κ1) is 20.4. The van der Waals surface area contributed by atoms with Gasteiger partial charge in [-0.2, -0.15) is 0 Å². The molecule has 2 atom stereocenters. The van der Waals surface area contributed by atoms with Gasteiger partial charge in [-0.15, -0.1) is 0 Å². The van der Waals surface area contributed by atoms with Crippen LogP contribution >= 0.6 is 0 Å². The van der Waals surface area contributed by atoms with E-state index in [1.165, 1.54) is 7.11 Å². The van der Waals surface area contributed by atoms with E-state index in [0.29, 0.717) is 0 Å². The van der Waals surface area contributed by atoms with Gasteiger partial charge >= 0.3 is 12.1 Å². The van der Waals surface area contributed by atoms with Crippen molar-refractivity contribution < 1.29 is 23.9 Å². The van der Waals surface area contributed by atoms with Crippen molar-refractivity contribution in [1.29, 1.82) is 0 Å². The standard InChI is InChI=1S/C16H29N3O5/c1-15(2,3)17-10(12(20)19-8-9-24-14(19)22)11(13(21)23-7)18-16(4,5)6/h10-11,17-18H,8-9H2,1-7H3/t10-,11-/m1/s1. The first-order valence-corrected chi connectivity index (χ1v) is 7.97. The van der Waals surface area contributed by atoms with Gasteiger partial charge in [-0.1, -0.05) is 0 Å². The number of hydrogen-bond donors (Lipinski definition) is 2. The molecule has 1 heterocycles. The summed E-state index contributed by atoms with van der Waals surface area (Å²) >= 11 is 0. The highest BCUT2D eigenvalue weighted by molar-refractivity contribution is 5.99. The molecule has 0 saturated carbocycles. The molecule has 1 fully saturated rings. The third-order valence-corrected chi connectivity index (χ3v) is 3.26. The molecule has 0 spiro atoms. The maximum absolute atomic E-state index is 12.9. The number of amides is 2. The molecule has 0 unspecified atom stereocenters. The highest BCUT2D eigenvalue weighted by Gasteiger charge is 2.43. The Labute approximate surface area is 143 Å². The van der Waals surface area contributed by atoms with Gasteiger partial charge in [-0.25, -0.2) is 9.69 Å². The van der Waals surface area contributed by atoms with Gasteiger partial charge in [0.25, 0.3) is 5.91 Å². The van der Waals surface area contributed by atoms with Crippen LogP contribution in [-0.4, -0.2) is 66.3 Å². The number of carbonyl (C=O) groups is 3. The van der Waals surface area contributed by atoms with Gasteiger partial charge in [-0.05, 0) is 41.5 Å². The predicted octanol–water partition coefficient (Wildman–Crippen LogP) is 0.652. The van der Waals surface area contributed by atoms with E-state index in [1.54, 1.807) is 0 Å².